The van der Waals surface area contributed by atoms with Crippen LogP contribution >= 0.6 is 11.8 Å². The van der Waals surface area contributed by atoms with Crippen LogP contribution in [0, 0.1) is 5.82 Å². The molecule has 0 saturated carbocycles. The molecule has 2 heterocycles. The highest BCUT2D eigenvalue weighted by Crippen LogP contribution is 2.30. The first-order valence-electron chi connectivity index (χ1n) is 8.69. The van der Waals surface area contributed by atoms with Gasteiger partial charge in [-0.2, -0.15) is 0 Å². The van der Waals surface area contributed by atoms with Crippen LogP contribution in [0.15, 0.2) is 58.5 Å². The molecule has 28 heavy (non-hydrogen) atoms. The number of carboxylic acid groups (broad SMARTS) is 1. The van der Waals surface area contributed by atoms with Crippen LogP contribution in [0.2, 0.25) is 0 Å². The largest absolute Gasteiger partial charge is 0.480 e. The monoisotopic (exact) mass is 397 g/mol. The number of hydrogen-bond donors (Lipinski definition) is 2. The number of halogens is 1. The van der Waals surface area contributed by atoms with Gasteiger partial charge in [0.15, 0.2) is 5.16 Å². The van der Waals surface area contributed by atoms with Gasteiger partial charge in [0.05, 0.1) is 5.69 Å². The number of benzene rings is 2. The molecule has 6 nitrogen and oxygen atoms in total. The molecule has 0 spiro atoms. The Morgan fingerprint density at radius 1 is 1.25 bits per heavy atom. The summed E-state index contributed by atoms with van der Waals surface area (Å²) in [4.78, 5) is 32.4. The van der Waals surface area contributed by atoms with Crippen LogP contribution in [0.5, 0.6) is 0 Å². The Balaban J connectivity index is 2.07. The van der Waals surface area contributed by atoms with Crippen molar-refractivity contribution >= 4 is 39.7 Å². The van der Waals surface area contributed by atoms with E-state index in [0.717, 1.165) is 27.2 Å². The van der Waals surface area contributed by atoms with Crippen molar-refractivity contribution < 1.29 is 14.3 Å². The maximum Gasteiger partial charge on any atom is 0.317 e. The lowest BCUT2D eigenvalue weighted by atomic mass is 10.2. The summed E-state index contributed by atoms with van der Waals surface area (Å²) in [6, 6.07) is 13.2. The topological polar surface area (TPSA) is 88.0 Å². The zero-order valence-electron chi connectivity index (χ0n) is 14.8. The van der Waals surface area contributed by atoms with E-state index in [4.69, 9.17) is 0 Å². The second kappa shape index (κ2) is 7.12. The van der Waals surface area contributed by atoms with E-state index in [9.17, 15) is 19.1 Å². The number of aromatic nitrogens is 3. The van der Waals surface area contributed by atoms with Crippen molar-refractivity contribution in [2.75, 3.05) is 0 Å². The molecule has 1 atom stereocenters. The second-order valence-electron chi connectivity index (χ2n) is 6.23. The van der Waals surface area contributed by atoms with Gasteiger partial charge in [0.25, 0.3) is 5.56 Å². The highest BCUT2D eigenvalue weighted by atomic mass is 32.2. The van der Waals surface area contributed by atoms with E-state index in [1.54, 1.807) is 13.0 Å². The Labute approximate surface area is 163 Å². The summed E-state index contributed by atoms with van der Waals surface area (Å²) in [6.07, 6.45) is 0.332. The molecule has 2 aromatic carbocycles. The Morgan fingerprint density at radius 3 is 2.68 bits per heavy atom. The standard InChI is InChI=1S/C20H16FN3O3S/c1-2-15(19(26)27)28-20-23-16-11-7-3-5-9-13(11)22-17(16)18(25)24(20)14-10-6-4-8-12(14)21/h3-10,15,22H,2H2,1H3,(H,26,27)/t15-/m1/s1. The predicted octanol–water partition coefficient (Wildman–Crippen LogP) is 3.96. The Kier molecular flexibility index (Phi) is 4.64. The average molecular weight is 397 g/mol. The molecular weight excluding hydrogens is 381 g/mol. The normalized spacial score (nSPS) is 12.5. The summed E-state index contributed by atoms with van der Waals surface area (Å²) >= 11 is 0.940. The number of aromatic amines is 1. The molecule has 0 radical (unpaired) electrons. The van der Waals surface area contributed by atoms with Gasteiger partial charge >= 0.3 is 5.97 Å². The van der Waals surface area contributed by atoms with Crippen LogP contribution in [0.25, 0.3) is 27.6 Å². The van der Waals surface area contributed by atoms with E-state index in [0.29, 0.717) is 11.9 Å². The van der Waals surface area contributed by atoms with Crippen molar-refractivity contribution in [2.24, 2.45) is 0 Å². The summed E-state index contributed by atoms with van der Waals surface area (Å²) in [5.41, 5.74) is 0.972. The maximum absolute atomic E-state index is 14.5. The molecule has 0 fully saturated rings. The van der Waals surface area contributed by atoms with Crippen molar-refractivity contribution in [1.29, 1.82) is 0 Å². The fourth-order valence-electron chi connectivity index (χ4n) is 3.10. The first-order chi connectivity index (χ1) is 13.5. The molecule has 0 aliphatic rings. The molecule has 2 aromatic heterocycles. The first kappa shape index (κ1) is 18.2. The SMILES string of the molecule is CC[C@@H](Sc1nc2c([nH]c3ccccc32)c(=O)n1-c1ccccc1F)C(=O)O. The van der Waals surface area contributed by atoms with Crippen LogP contribution in [0.4, 0.5) is 4.39 Å². The van der Waals surface area contributed by atoms with Gasteiger partial charge in [0.1, 0.15) is 22.1 Å². The smallest absolute Gasteiger partial charge is 0.317 e. The number of para-hydroxylation sites is 2. The third-order valence-electron chi connectivity index (χ3n) is 4.48. The molecule has 4 aromatic rings. The number of thioether (sulfide) groups is 1. The zero-order chi connectivity index (χ0) is 19.8. The minimum Gasteiger partial charge on any atom is -0.480 e. The third-order valence-corrected chi connectivity index (χ3v) is 5.79. The van der Waals surface area contributed by atoms with Gasteiger partial charge in [-0.15, -0.1) is 0 Å². The number of fused-ring (bicyclic) bond motifs is 3. The van der Waals surface area contributed by atoms with E-state index >= 15 is 0 Å². The minimum atomic E-state index is -1.01. The summed E-state index contributed by atoms with van der Waals surface area (Å²) < 4.78 is 15.6. The zero-order valence-corrected chi connectivity index (χ0v) is 15.7. The molecular formula is C20H16FN3O3S. The Bertz CT molecular complexity index is 1260. The lowest BCUT2D eigenvalue weighted by Crippen LogP contribution is -2.25. The van der Waals surface area contributed by atoms with E-state index < -0.39 is 22.6 Å². The van der Waals surface area contributed by atoms with Crippen LogP contribution in [-0.4, -0.2) is 30.9 Å². The average Bonchev–Trinajstić information content (AvgIpc) is 3.06. The molecule has 0 bridgehead atoms. The molecule has 0 unspecified atom stereocenters. The molecule has 8 heteroatoms. The van der Waals surface area contributed by atoms with Gasteiger partial charge in [0, 0.05) is 10.9 Å². The fraction of sp³-hybridized carbons (Fsp3) is 0.150. The number of H-pyrrole nitrogens is 1. The maximum atomic E-state index is 14.5. The lowest BCUT2D eigenvalue weighted by molar-refractivity contribution is -0.136. The molecule has 0 saturated heterocycles. The van der Waals surface area contributed by atoms with Crippen molar-refractivity contribution in [3.63, 3.8) is 0 Å². The molecule has 0 aliphatic heterocycles. The number of carboxylic acids is 1. The number of hydrogen-bond acceptors (Lipinski definition) is 4. The number of rotatable bonds is 5. The van der Waals surface area contributed by atoms with Crippen molar-refractivity contribution in [2.45, 2.75) is 23.8 Å². The van der Waals surface area contributed by atoms with Crippen LogP contribution < -0.4 is 5.56 Å². The predicted molar refractivity (Wildman–Crippen MR) is 107 cm³/mol. The van der Waals surface area contributed by atoms with Gasteiger partial charge in [-0.05, 0) is 24.6 Å². The number of carbonyl (C=O) groups is 1. The van der Waals surface area contributed by atoms with Crippen LogP contribution in [-0.2, 0) is 4.79 Å². The van der Waals surface area contributed by atoms with Crippen molar-refractivity contribution in [3.8, 4) is 5.69 Å². The summed E-state index contributed by atoms with van der Waals surface area (Å²) in [5, 5.41) is 9.53. The van der Waals surface area contributed by atoms with Gasteiger partial charge in [0.2, 0.25) is 0 Å². The van der Waals surface area contributed by atoms with Gasteiger partial charge in [-0.1, -0.05) is 49.0 Å². The lowest BCUT2D eigenvalue weighted by Gasteiger charge is -2.15. The summed E-state index contributed by atoms with van der Waals surface area (Å²) in [6.45, 7) is 1.74. The third kappa shape index (κ3) is 2.95. The minimum absolute atomic E-state index is 0.0308. The number of nitrogens with one attached hydrogen (secondary N) is 1. The van der Waals surface area contributed by atoms with Crippen molar-refractivity contribution in [3.05, 3.63) is 64.7 Å². The fourth-order valence-corrected chi connectivity index (χ4v) is 4.06. The summed E-state index contributed by atoms with van der Waals surface area (Å²) in [7, 11) is 0. The Hall–Kier alpha value is -3.13. The molecule has 4 rings (SSSR count). The second-order valence-corrected chi connectivity index (χ2v) is 7.40. The van der Waals surface area contributed by atoms with Gasteiger partial charge in [-0.25, -0.2) is 9.37 Å². The summed E-state index contributed by atoms with van der Waals surface area (Å²) in [5.74, 6) is -1.60. The van der Waals surface area contributed by atoms with E-state index in [1.807, 2.05) is 24.3 Å². The number of nitrogens with zero attached hydrogens (tertiary/aromatic N) is 2. The molecule has 0 aliphatic carbocycles. The quantitative estimate of drug-likeness (QED) is 0.393. The molecule has 142 valence electrons. The molecule has 2 N–H and O–H groups in total. The van der Waals surface area contributed by atoms with E-state index in [-0.39, 0.29) is 16.4 Å². The van der Waals surface area contributed by atoms with Gasteiger partial charge < -0.3 is 10.1 Å². The van der Waals surface area contributed by atoms with Gasteiger partial charge in [-0.3, -0.25) is 14.2 Å². The molecule has 0 amide bonds. The van der Waals surface area contributed by atoms with E-state index in [1.165, 1.54) is 18.2 Å². The highest BCUT2D eigenvalue weighted by molar-refractivity contribution is 8.00. The van der Waals surface area contributed by atoms with Crippen LogP contribution in [0.3, 0.4) is 0 Å². The highest BCUT2D eigenvalue weighted by Gasteiger charge is 2.24. The number of aliphatic carboxylic acids is 1. The van der Waals surface area contributed by atoms with E-state index in [2.05, 4.69) is 9.97 Å². The van der Waals surface area contributed by atoms with Crippen LogP contribution in [0.1, 0.15) is 13.3 Å². The van der Waals surface area contributed by atoms with Crippen molar-refractivity contribution in [1.82, 2.24) is 14.5 Å². The first-order valence-corrected chi connectivity index (χ1v) is 9.57. The Morgan fingerprint density at radius 2 is 1.96 bits per heavy atom.